The Balaban J connectivity index is 0.000000339. The molecule has 0 aromatic carbocycles. The third-order valence-electron chi connectivity index (χ3n) is 5.29. The molecule has 0 bridgehead atoms. The van der Waals surface area contributed by atoms with Crippen molar-refractivity contribution in [2.75, 3.05) is 36.0 Å². The average molecular weight is 468 g/mol. The minimum atomic E-state index is -5.08. The third-order valence-corrected chi connectivity index (χ3v) is 6.12. The summed E-state index contributed by atoms with van der Waals surface area (Å²) in [5, 5.41) is 9.74. The number of nitrogens with zero attached hydrogens (tertiary/aromatic N) is 4. The second-order valence-electron chi connectivity index (χ2n) is 7.25. The first-order valence-corrected chi connectivity index (χ1v) is 10.0. The molecule has 2 aliphatic heterocycles. The summed E-state index contributed by atoms with van der Waals surface area (Å²) < 4.78 is 75.3. The molecule has 0 amide bonds. The second-order valence-corrected chi connectivity index (χ2v) is 8.13. The van der Waals surface area contributed by atoms with Gasteiger partial charge in [0.15, 0.2) is 16.8 Å². The summed E-state index contributed by atoms with van der Waals surface area (Å²) in [4.78, 5) is 20.8. The molecular weight excluding hydrogens is 450 g/mol. The minimum Gasteiger partial charge on any atom is -0.475 e. The van der Waals surface area contributed by atoms with E-state index >= 15 is 0 Å². The SMILES string of the molecule is Fc1cccnc1N1CCC2(CN(c3nccs3)CCC2(F)F)C1.O=C(O)C(F)(F)F. The lowest BCUT2D eigenvalue weighted by atomic mass is 9.75. The monoisotopic (exact) mass is 468 g/mol. The van der Waals surface area contributed by atoms with Crippen LogP contribution in [-0.2, 0) is 4.79 Å². The summed E-state index contributed by atoms with van der Waals surface area (Å²) in [7, 11) is 0. The van der Waals surface area contributed by atoms with Crippen LogP contribution in [0.1, 0.15) is 12.8 Å². The van der Waals surface area contributed by atoms with Crippen molar-refractivity contribution in [3.8, 4) is 0 Å². The van der Waals surface area contributed by atoms with Crippen molar-refractivity contribution in [2.24, 2.45) is 5.41 Å². The van der Waals surface area contributed by atoms with E-state index in [1.54, 1.807) is 11.1 Å². The van der Waals surface area contributed by atoms with Gasteiger partial charge in [-0.3, -0.25) is 0 Å². The van der Waals surface area contributed by atoms with Crippen molar-refractivity contribution in [1.82, 2.24) is 9.97 Å². The predicted octanol–water partition coefficient (Wildman–Crippen LogP) is 4.05. The summed E-state index contributed by atoms with van der Waals surface area (Å²) in [5.74, 6) is -5.84. The van der Waals surface area contributed by atoms with Crippen molar-refractivity contribution in [1.29, 1.82) is 0 Å². The molecule has 13 heteroatoms. The molecule has 4 heterocycles. The molecule has 0 aliphatic carbocycles. The Bertz CT molecular complexity index is 911. The number of aromatic nitrogens is 2. The molecule has 31 heavy (non-hydrogen) atoms. The molecule has 0 saturated carbocycles. The molecule has 1 spiro atoms. The van der Waals surface area contributed by atoms with Gasteiger partial charge in [-0.05, 0) is 18.6 Å². The van der Waals surface area contributed by atoms with Gasteiger partial charge in [0, 0.05) is 50.4 Å². The van der Waals surface area contributed by atoms with Crippen LogP contribution >= 0.6 is 11.3 Å². The Morgan fingerprint density at radius 2 is 1.74 bits per heavy atom. The van der Waals surface area contributed by atoms with Gasteiger partial charge in [-0.15, -0.1) is 11.3 Å². The maximum Gasteiger partial charge on any atom is 0.490 e. The third kappa shape index (κ3) is 4.86. The lowest BCUT2D eigenvalue weighted by Gasteiger charge is -2.45. The largest absolute Gasteiger partial charge is 0.490 e. The fourth-order valence-corrected chi connectivity index (χ4v) is 4.40. The molecule has 170 valence electrons. The maximum absolute atomic E-state index is 14.8. The molecule has 2 aromatic heterocycles. The Hall–Kier alpha value is -2.57. The van der Waals surface area contributed by atoms with Crippen LogP contribution in [0.15, 0.2) is 29.9 Å². The van der Waals surface area contributed by atoms with Crippen molar-refractivity contribution in [2.45, 2.75) is 24.9 Å². The highest BCUT2D eigenvalue weighted by atomic mass is 32.1. The Morgan fingerprint density at radius 1 is 1.10 bits per heavy atom. The summed E-state index contributed by atoms with van der Waals surface area (Å²) in [5.41, 5.74) is -1.19. The van der Waals surface area contributed by atoms with Crippen LogP contribution in [0.3, 0.4) is 0 Å². The van der Waals surface area contributed by atoms with Crippen LogP contribution in [0.25, 0.3) is 0 Å². The van der Waals surface area contributed by atoms with Crippen molar-refractivity contribution >= 4 is 28.3 Å². The first kappa shape index (κ1) is 23.1. The Labute approximate surface area is 177 Å². The number of alkyl halides is 5. The molecule has 0 radical (unpaired) electrons. The van der Waals surface area contributed by atoms with E-state index in [-0.39, 0.29) is 25.3 Å². The molecule has 4 rings (SSSR count). The summed E-state index contributed by atoms with van der Waals surface area (Å²) in [6, 6.07) is 2.82. The normalized spacial score (nSPS) is 22.9. The number of hydrogen-bond donors (Lipinski definition) is 1. The number of carbonyl (C=O) groups is 1. The maximum atomic E-state index is 14.8. The lowest BCUT2D eigenvalue weighted by Crippen LogP contribution is -2.57. The van der Waals surface area contributed by atoms with E-state index in [1.165, 1.54) is 29.7 Å². The summed E-state index contributed by atoms with van der Waals surface area (Å²) in [6.45, 7) is 1.02. The minimum absolute atomic E-state index is 0.107. The number of pyridine rings is 1. The van der Waals surface area contributed by atoms with E-state index < -0.39 is 29.3 Å². The van der Waals surface area contributed by atoms with Crippen molar-refractivity contribution in [3.63, 3.8) is 0 Å². The number of halogens is 6. The van der Waals surface area contributed by atoms with Crippen LogP contribution in [0.5, 0.6) is 0 Å². The highest BCUT2D eigenvalue weighted by molar-refractivity contribution is 7.13. The molecule has 2 aromatic rings. The molecule has 1 N–H and O–H groups in total. The standard InChI is InChI=1S/C16H17F3N4S.C2HF3O2/c17-12-2-1-5-20-13(12)22-7-3-15(10-22)11-23(8-4-16(15,18)19)14-21-6-9-24-14;3-2(4,5)1(6)7/h1-2,5-6,9H,3-4,7-8,10-11H2;(H,6,7). The van der Waals surface area contributed by atoms with Gasteiger partial charge < -0.3 is 14.9 Å². The zero-order valence-corrected chi connectivity index (χ0v) is 16.8. The van der Waals surface area contributed by atoms with E-state index in [1.807, 2.05) is 10.3 Å². The zero-order chi connectivity index (χ0) is 22.9. The van der Waals surface area contributed by atoms with Crippen LogP contribution < -0.4 is 9.80 Å². The summed E-state index contributed by atoms with van der Waals surface area (Å²) >= 11 is 1.46. The smallest absolute Gasteiger partial charge is 0.475 e. The Morgan fingerprint density at radius 3 is 2.32 bits per heavy atom. The lowest BCUT2D eigenvalue weighted by molar-refractivity contribution is -0.192. The predicted molar refractivity (Wildman–Crippen MR) is 101 cm³/mol. The zero-order valence-electron chi connectivity index (χ0n) is 15.9. The first-order valence-electron chi connectivity index (χ1n) is 9.13. The van der Waals surface area contributed by atoms with Gasteiger partial charge in [-0.1, -0.05) is 0 Å². The van der Waals surface area contributed by atoms with Gasteiger partial charge in [0.2, 0.25) is 0 Å². The molecule has 2 saturated heterocycles. The number of piperidine rings is 1. The quantitative estimate of drug-likeness (QED) is 0.671. The van der Waals surface area contributed by atoms with Gasteiger partial charge in [0.25, 0.3) is 5.92 Å². The summed E-state index contributed by atoms with van der Waals surface area (Å²) in [6.07, 6.45) is -1.79. The first-order chi connectivity index (χ1) is 14.5. The second kappa shape index (κ2) is 8.52. The number of carboxylic acid groups (broad SMARTS) is 1. The van der Waals surface area contributed by atoms with Gasteiger partial charge in [0.1, 0.15) is 0 Å². The number of thiazole rings is 1. The van der Waals surface area contributed by atoms with E-state index in [4.69, 9.17) is 9.90 Å². The van der Waals surface area contributed by atoms with Crippen LogP contribution in [0.4, 0.5) is 37.3 Å². The van der Waals surface area contributed by atoms with Crippen LogP contribution in [-0.4, -0.2) is 59.3 Å². The highest BCUT2D eigenvalue weighted by Gasteiger charge is 2.60. The average Bonchev–Trinajstić information content (AvgIpc) is 3.36. The van der Waals surface area contributed by atoms with Crippen LogP contribution in [0, 0.1) is 11.2 Å². The van der Waals surface area contributed by atoms with Crippen LogP contribution in [0.2, 0.25) is 0 Å². The van der Waals surface area contributed by atoms with E-state index in [0.717, 1.165) is 5.13 Å². The molecule has 6 nitrogen and oxygen atoms in total. The van der Waals surface area contributed by atoms with Gasteiger partial charge in [-0.25, -0.2) is 27.9 Å². The molecule has 1 atom stereocenters. The Kier molecular flexibility index (Phi) is 6.35. The fraction of sp³-hybridized carbons (Fsp3) is 0.500. The van der Waals surface area contributed by atoms with Crippen molar-refractivity contribution < 1.29 is 36.2 Å². The van der Waals surface area contributed by atoms with Crippen molar-refractivity contribution in [3.05, 3.63) is 35.7 Å². The molecule has 1 unspecified atom stereocenters. The molecule has 2 fully saturated rings. The van der Waals surface area contributed by atoms with Gasteiger partial charge in [0.05, 0.1) is 5.41 Å². The molecular formula is C18H18F6N4O2S. The fourth-order valence-electron chi connectivity index (χ4n) is 3.73. The van der Waals surface area contributed by atoms with E-state index in [9.17, 15) is 26.3 Å². The number of rotatable bonds is 2. The van der Waals surface area contributed by atoms with E-state index in [2.05, 4.69) is 9.97 Å². The topological polar surface area (TPSA) is 69.6 Å². The van der Waals surface area contributed by atoms with Gasteiger partial charge >= 0.3 is 12.1 Å². The molecule has 2 aliphatic rings. The number of aliphatic carboxylic acids is 1. The number of carboxylic acids is 1. The highest BCUT2D eigenvalue weighted by Crippen LogP contribution is 2.51. The van der Waals surface area contributed by atoms with E-state index in [0.29, 0.717) is 19.5 Å². The number of anilines is 2. The van der Waals surface area contributed by atoms with Gasteiger partial charge in [-0.2, -0.15) is 13.2 Å². The number of hydrogen-bond acceptors (Lipinski definition) is 6.